The summed E-state index contributed by atoms with van der Waals surface area (Å²) in [7, 11) is -3.57. The minimum absolute atomic E-state index is 0.0460. The first-order valence-corrected chi connectivity index (χ1v) is 14.9. The van der Waals surface area contributed by atoms with Crippen LogP contribution in [0, 0.1) is 13.8 Å². The van der Waals surface area contributed by atoms with E-state index in [4.69, 9.17) is 23.2 Å². The third kappa shape index (κ3) is 8.35. The van der Waals surface area contributed by atoms with Gasteiger partial charge in [-0.2, -0.15) is 0 Å². The van der Waals surface area contributed by atoms with Crippen LogP contribution < -0.4 is 9.62 Å². The van der Waals surface area contributed by atoms with E-state index < -0.39 is 16.1 Å². The quantitative estimate of drug-likeness (QED) is 0.366. The number of nitrogens with one attached hydrogen (secondary N) is 1. The maximum absolute atomic E-state index is 13.5. The lowest BCUT2D eigenvalue weighted by Crippen LogP contribution is -2.50. The first-order valence-electron chi connectivity index (χ1n) is 12.3. The molecule has 0 aliphatic heterocycles. The lowest BCUT2D eigenvalue weighted by molar-refractivity contribution is -0.141. The fraction of sp³-hybridized carbons (Fsp3) is 0.481. The van der Waals surface area contributed by atoms with Gasteiger partial charge in [-0.1, -0.05) is 48.3 Å². The van der Waals surface area contributed by atoms with Crippen LogP contribution in [-0.2, 0) is 26.2 Å². The molecule has 1 atom stereocenters. The number of benzene rings is 2. The van der Waals surface area contributed by atoms with Gasteiger partial charge < -0.3 is 10.2 Å². The second-order valence-corrected chi connectivity index (χ2v) is 12.2. The summed E-state index contributed by atoms with van der Waals surface area (Å²) in [5, 5.41) is 3.70. The zero-order valence-electron chi connectivity index (χ0n) is 22.3. The van der Waals surface area contributed by atoms with Crippen LogP contribution in [-0.4, -0.2) is 50.0 Å². The Hall–Kier alpha value is -2.29. The number of hydrogen-bond acceptors (Lipinski definition) is 4. The second-order valence-electron chi connectivity index (χ2n) is 9.47. The standard InChI is InChI=1S/C27H37Cl2N3O4S/c1-7-24(27(34)30-18(2)3)31(17-21-22(28)12-9-13-23(21)29)26(33)15-10-16-32(37(6,35)36)25-14-8-11-19(4)20(25)5/h8-9,11-14,18,24H,7,10,15-17H2,1-6H3,(H,30,34)/t24-/m0/s1. The number of amides is 2. The maximum Gasteiger partial charge on any atom is 0.243 e. The van der Waals surface area contributed by atoms with Crippen molar-refractivity contribution >= 4 is 50.7 Å². The Kier molecular flexibility index (Phi) is 11.3. The zero-order chi connectivity index (χ0) is 27.9. The number of sulfonamides is 1. The van der Waals surface area contributed by atoms with Crippen molar-refractivity contribution in [2.45, 2.75) is 72.5 Å². The van der Waals surface area contributed by atoms with Crippen LogP contribution >= 0.6 is 23.2 Å². The number of rotatable bonds is 12. The van der Waals surface area contributed by atoms with E-state index in [1.165, 1.54) is 9.21 Å². The Balaban J connectivity index is 2.31. The molecule has 0 fully saturated rings. The van der Waals surface area contributed by atoms with Crippen LogP contribution in [0.25, 0.3) is 0 Å². The molecule has 0 aliphatic carbocycles. The summed E-state index contributed by atoms with van der Waals surface area (Å²) < 4.78 is 26.6. The number of hydrogen-bond donors (Lipinski definition) is 1. The highest BCUT2D eigenvalue weighted by Crippen LogP contribution is 2.28. The molecule has 0 saturated heterocycles. The third-order valence-electron chi connectivity index (χ3n) is 6.20. The van der Waals surface area contributed by atoms with Crippen molar-refractivity contribution < 1.29 is 18.0 Å². The van der Waals surface area contributed by atoms with Gasteiger partial charge in [-0.25, -0.2) is 8.42 Å². The van der Waals surface area contributed by atoms with Crippen molar-refractivity contribution in [2.24, 2.45) is 0 Å². The number of nitrogens with zero attached hydrogens (tertiary/aromatic N) is 2. The van der Waals surface area contributed by atoms with Crippen molar-refractivity contribution in [1.82, 2.24) is 10.2 Å². The van der Waals surface area contributed by atoms with Crippen LogP contribution in [0.15, 0.2) is 36.4 Å². The molecule has 0 bridgehead atoms. The SMILES string of the molecule is CC[C@@H](C(=O)NC(C)C)N(Cc1c(Cl)cccc1Cl)C(=O)CCCN(c1cccc(C)c1C)S(C)(=O)=O. The number of anilines is 1. The highest BCUT2D eigenvalue weighted by molar-refractivity contribution is 7.92. The van der Waals surface area contributed by atoms with Gasteiger partial charge >= 0.3 is 0 Å². The lowest BCUT2D eigenvalue weighted by atomic mass is 10.1. The van der Waals surface area contributed by atoms with Crippen molar-refractivity contribution in [3.05, 3.63) is 63.1 Å². The normalized spacial score (nSPS) is 12.4. The highest BCUT2D eigenvalue weighted by Gasteiger charge is 2.30. The van der Waals surface area contributed by atoms with Gasteiger partial charge in [-0.3, -0.25) is 13.9 Å². The van der Waals surface area contributed by atoms with E-state index in [-0.39, 0.29) is 43.8 Å². The monoisotopic (exact) mass is 569 g/mol. The van der Waals surface area contributed by atoms with Crippen LogP contribution in [0.4, 0.5) is 5.69 Å². The fourth-order valence-electron chi connectivity index (χ4n) is 4.14. The van der Waals surface area contributed by atoms with Crippen molar-refractivity contribution in [3.8, 4) is 0 Å². The topological polar surface area (TPSA) is 86.8 Å². The predicted octanol–water partition coefficient (Wildman–Crippen LogP) is 5.49. The van der Waals surface area contributed by atoms with Gasteiger partial charge in [-0.05, 0) is 69.9 Å². The molecule has 0 aliphatic rings. The van der Waals surface area contributed by atoms with Crippen molar-refractivity contribution in [1.29, 1.82) is 0 Å². The molecular weight excluding hydrogens is 533 g/mol. The molecule has 0 spiro atoms. The summed E-state index contributed by atoms with van der Waals surface area (Å²) in [4.78, 5) is 28.0. The first kappa shape index (κ1) is 30.9. The minimum atomic E-state index is -3.57. The largest absolute Gasteiger partial charge is 0.352 e. The van der Waals surface area contributed by atoms with E-state index >= 15 is 0 Å². The van der Waals surface area contributed by atoms with E-state index in [0.717, 1.165) is 17.4 Å². The molecule has 0 saturated carbocycles. The maximum atomic E-state index is 13.5. The lowest BCUT2D eigenvalue weighted by Gasteiger charge is -2.32. The van der Waals surface area contributed by atoms with Gasteiger partial charge in [0, 0.05) is 41.2 Å². The molecule has 2 aromatic carbocycles. The van der Waals surface area contributed by atoms with Gasteiger partial charge in [-0.15, -0.1) is 0 Å². The van der Waals surface area contributed by atoms with Crippen LogP contribution in [0.2, 0.25) is 10.0 Å². The molecule has 1 N–H and O–H groups in total. The van der Waals surface area contributed by atoms with Crippen molar-refractivity contribution in [2.75, 3.05) is 17.1 Å². The van der Waals surface area contributed by atoms with Crippen molar-refractivity contribution in [3.63, 3.8) is 0 Å². The smallest absolute Gasteiger partial charge is 0.243 e. The van der Waals surface area contributed by atoms with Gasteiger partial charge in [0.05, 0.1) is 11.9 Å². The summed E-state index contributed by atoms with van der Waals surface area (Å²) in [6.45, 7) is 9.54. The van der Waals surface area contributed by atoms with Gasteiger partial charge in [0.1, 0.15) is 6.04 Å². The molecule has 10 heteroatoms. The summed E-state index contributed by atoms with van der Waals surface area (Å²) in [5.74, 6) is -0.543. The number of aryl methyl sites for hydroxylation is 1. The molecule has 0 heterocycles. The van der Waals surface area contributed by atoms with Crippen LogP contribution in [0.5, 0.6) is 0 Å². The molecule has 0 aromatic heterocycles. The predicted molar refractivity (Wildman–Crippen MR) is 152 cm³/mol. The Bertz CT molecular complexity index is 1200. The van der Waals surface area contributed by atoms with Crippen LogP contribution in [0.1, 0.15) is 56.7 Å². The first-order chi connectivity index (χ1) is 17.3. The van der Waals surface area contributed by atoms with Gasteiger partial charge in [0.25, 0.3) is 0 Å². The molecule has 2 rings (SSSR count). The molecule has 2 aromatic rings. The van der Waals surface area contributed by atoms with Crippen LogP contribution in [0.3, 0.4) is 0 Å². The summed E-state index contributed by atoms with van der Waals surface area (Å²) in [5.41, 5.74) is 3.00. The van der Waals surface area contributed by atoms with E-state index in [1.807, 2.05) is 46.8 Å². The Morgan fingerprint density at radius 1 is 1.03 bits per heavy atom. The van der Waals surface area contributed by atoms with Gasteiger partial charge in [0.15, 0.2) is 0 Å². The molecule has 0 unspecified atom stereocenters. The van der Waals surface area contributed by atoms with Gasteiger partial charge in [0.2, 0.25) is 21.8 Å². The Labute approximate surface area is 231 Å². The highest BCUT2D eigenvalue weighted by atomic mass is 35.5. The second kappa shape index (κ2) is 13.5. The average Bonchev–Trinajstić information content (AvgIpc) is 2.79. The molecule has 204 valence electrons. The number of halogens is 2. The number of carbonyl (C=O) groups is 2. The molecule has 0 radical (unpaired) electrons. The van der Waals surface area contributed by atoms with E-state index in [2.05, 4.69) is 5.32 Å². The fourth-order valence-corrected chi connectivity index (χ4v) is 5.67. The molecule has 7 nitrogen and oxygen atoms in total. The average molecular weight is 571 g/mol. The van der Waals surface area contributed by atoms with E-state index in [1.54, 1.807) is 24.3 Å². The Morgan fingerprint density at radius 2 is 1.62 bits per heavy atom. The zero-order valence-corrected chi connectivity index (χ0v) is 24.7. The number of carbonyl (C=O) groups excluding carboxylic acids is 2. The summed E-state index contributed by atoms with van der Waals surface area (Å²) in [6.07, 6.45) is 1.87. The van der Waals surface area contributed by atoms with E-state index in [9.17, 15) is 18.0 Å². The Morgan fingerprint density at radius 3 is 2.16 bits per heavy atom. The summed E-state index contributed by atoms with van der Waals surface area (Å²) in [6, 6.07) is 9.78. The molecule has 37 heavy (non-hydrogen) atoms. The minimum Gasteiger partial charge on any atom is -0.352 e. The molecule has 2 amide bonds. The summed E-state index contributed by atoms with van der Waals surface area (Å²) >= 11 is 12.8. The third-order valence-corrected chi connectivity index (χ3v) is 8.09. The van der Waals surface area contributed by atoms with E-state index in [0.29, 0.717) is 27.7 Å². The molecular formula is C27H37Cl2N3O4S.